The molecule has 0 radical (unpaired) electrons. The van der Waals surface area contributed by atoms with Crippen LogP contribution in [0.3, 0.4) is 0 Å². The Balaban J connectivity index is 1.28. The van der Waals surface area contributed by atoms with E-state index in [1.165, 1.54) is 16.1 Å². The Kier molecular flexibility index (Phi) is 8.71. The molecule has 1 amide bonds. The van der Waals surface area contributed by atoms with Gasteiger partial charge < -0.3 is 5.32 Å². The number of nitrogens with one attached hydrogen (secondary N) is 1. The number of hydrogen-bond acceptors (Lipinski definition) is 7. The number of thioether (sulfide) groups is 2. The summed E-state index contributed by atoms with van der Waals surface area (Å²) in [5, 5.41) is 11.9. The van der Waals surface area contributed by atoms with Gasteiger partial charge in [-0.25, -0.2) is 8.42 Å². The number of benzene rings is 3. The van der Waals surface area contributed by atoms with E-state index >= 15 is 0 Å². The maximum atomic E-state index is 13.1. The Morgan fingerprint density at radius 3 is 2.23 bits per heavy atom. The molecule has 8 nitrogen and oxygen atoms in total. The highest BCUT2D eigenvalue weighted by Gasteiger charge is 2.27. The predicted octanol–water partition coefficient (Wildman–Crippen LogP) is 5.46. The number of amides is 1. The summed E-state index contributed by atoms with van der Waals surface area (Å²) >= 11 is 3.00. The summed E-state index contributed by atoms with van der Waals surface area (Å²) in [6.45, 7) is 2.92. The molecule has 1 fully saturated rings. The summed E-state index contributed by atoms with van der Waals surface area (Å²) < 4.78 is 29.0. The van der Waals surface area contributed by atoms with Gasteiger partial charge in [0.25, 0.3) is 0 Å². The van der Waals surface area contributed by atoms with E-state index in [2.05, 4.69) is 27.6 Å². The molecular weight excluding hydrogens is 551 g/mol. The van der Waals surface area contributed by atoms with Crippen LogP contribution in [0.2, 0.25) is 0 Å². The molecule has 0 saturated carbocycles. The lowest BCUT2D eigenvalue weighted by molar-refractivity contribution is -0.115. The van der Waals surface area contributed by atoms with Gasteiger partial charge in [-0.2, -0.15) is 4.31 Å². The molecule has 2 heterocycles. The normalized spacial score (nSPS) is 14.8. The average Bonchev–Trinajstić information content (AvgIpc) is 3.64. The number of hydrogen-bond donors (Lipinski definition) is 1. The summed E-state index contributed by atoms with van der Waals surface area (Å²) in [6.07, 6.45) is 1.77. The van der Waals surface area contributed by atoms with Crippen LogP contribution < -0.4 is 5.32 Å². The Hall–Kier alpha value is -3.12. The monoisotopic (exact) mass is 579 g/mol. The first kappa shape index (κ1) is 27.4. The van der Waals surface area contributed by atoms with Crippen LogP contribution >= 0.6 is 23.5 Å². The Bertz CT molecular complexity index is 1510. The minimum atomic E-state index is -3.50. The molecular formula is C28H29N5O3S3. The zero-order valence-corrected chi connectivity index (χ0v) is 23.9. The molecule has 1 aliphatic heterocycles. The number of carbonyl (C=O) groups excluding carboxylic acids is 1. The highest BCUT2D eigenvalue weighted by Crippen LogP contribution is 2.30. The van der Waals surface area contributed by atoms with E-state index in [0.717, 1.165) is 29.2 Å². The van der Waals surface area contributed by atoms with Gasteiger partial charge in [0.05, 0.1) is 15.9 Å². The molecule has 1 aliphatic rings. The van der Waals surface area contributed by atoms with E-state index in [-0.39, 0.29) is 10.8 Å². The second-order valence-corrected chi connectivity index (χ2v) is 13.4. The fourth-order valence-electron chi connectivity index (χ4n) is 4.21. The highest BCUT2D eigenvalue weighted by molar-refractivity contribution is 8.00. The molecule has 1 aromatic heterocycles. The van der Waals surface area contributed by atoms with Gasteiger partial charge in [-0.3, -0.25) is 9.36 Å². The third kappa shape index (κ3) is 6.55. The number of para-hydroxylation sites is 1. The molecule has 0 bridgehead atoms. The maximum absolute atomic E-state index is 13.1. The van der Waals surface area contributed by atoms with Gasteiger partial charge in [0.1, 0.15) is 5.82 Å². The molecule has 1 unspecified atom stereocenters. The van der Waals surface area contributed by atoms with E-state index in [0.29, 0.717) is 29.7 Å². The summed E-state index contributed by atoms with van der Waals surface area (Å²) in [5.74, 6) is 1.21. The van der Waals surface area contributed by atoms with E-state index in [1.54, 1.807) is 36.0 Å². The van der Waals surface area contributed by atoms with Crippen molar-refractivity contribution in [3.63, 3.8) is 0 Å². The lowest BCUT2D eigenvalue weighted by atomic mass is 10.3. The van der Waals surface area contributed by atoms with E-state index in [9.17, 15) is 13.2 Å². The molecule has 3 aromatic carbocycles. The highest BCUT2D eigenvalue weighted by atomic mass is 32.2. The topological polar surface area (TPSA) is 97.2 Å². The molecule has 0 spiro atoms. The van der Waals surface area contributed by atoms with Crippen LogP contribution in [0.5, 0.6) is 0 Å². The molecule has 4 aromatic rings. The van der Waals surface area contributed by atoms with Gasteiger partial charge in [-0.15, -0.1) is 22.0 Å². The number of carbonyl (C=O) groups is 1. The zero-order chi connectivity index (χ0) is 27.2. The fraction of sp³-hybridized carbons (Fsp3) is 0.250. The van der Waals surface area contributed by atoms with Crippen LogP contribution in [0.4, 0.5) is 5.69 Å². The third-order valence-corrected chi connectivity index (χ3v) is 10.3. The van der Waals surface area contributed by atoms with Crippen LogP contribution in [0, 0.1) is 0 Å². The van der Waals surface area contributed by atoms with Crippen molar-refractivity contribution in [2.24, 2.45) is 0 Å². The van der Waals surface area contributed by atoms with Crippen molar-refractivity contribution < 1.29 is 13.2 Å². The summed E-state index contributed by atoms with van der Waals surface area (Å²) in [5.41, 5.74) is 1.47. The van der Waals surface area contributed by atoms with Crippen molar-refractivity contribution in [1.29, 1.82) is 0 Å². The smallest absolute Gasteiger partial charge is 0.243 e. The number of anilines is 1. The van der Waals surface area contributed by atoms with Gasteiger partial charge in [0, 0.05) is 29.4 Å². The first-order valence-corrected chi connectivity index (χ1v) is 16.0. The molecule has 202 valence electrons. The summed E-state index contributed by atoms with van der Waals surface area (Å²) in [7, 11) is -3.50. The molecule has 1 N–H and O–H groups in total. The van der Waals surface area contributed by atoms with Crippen LogP contribution in [-0.2, 0) is 20.6 Å². The van der Waals surface area contributed by atoms with Crippen molar-refractivity contribution in [3.05, 3.63) is 90.8 Å². The first-order chi connectivity index (χ1) is 18.9. The third-order valence-electron chi connectivity index (χ3n) is 6.30. The van der Waals surface area contributed by atoms with Crippen LogP contribution in [-0.4, -0.2) is 51.7 Å². The SMILES string of the molecule is CC(Sc1nnc(CSc2ccccc2)n1-c1ccccc1)C(=O)Nc1ccc(S(=O)(=O)N2CCCC2)cc1. The van der Waals surface area contributed by atoms with E-state index < -0.39 is 15.3 Å². The lowest BCUT2D eigenvalue weighted by Crippen LogP contribution is -2.27. The molecule has 39 heavy (non-hydrogen) atoms. The van der Waals surface area contributed by atoms with Gasteiger partial charge in [0.15, 0.2) is 5.16 Å². The molecule has 11 heteroatoms. The second-order valence-electron chi connectivity index (χ2n) is 9.06. The van der Waals surface area contributed by atoms with Crippen LogP contribution in [0.25, 0.3) is 5.69 Å². The quantitative estimate of drug-likeness (QED) is 0.249. The molecule has 1 atom stereocenters. The lowest BCUT2D eigenvalue weighted by Gasteiger charge is -2.16. The Morgan fingerprint density at radius 1 is 0.923 bits per heavy atom. The van der Waals surface area contributed by atoms with Crippen LogP contribution in [0.1, 0.15) is 25.6 Å². The Morgan fingerprint density at radius 2 is 1.56 bits per heavy atom. The van der Waals surface area contributed by atoms with E-state index in [1.807, 2.05) is 60.0 Å². The Labute approximate surface area is 237 Å². The van der Waals surface area contributed by atoms with Gasteiger partial charge in [0.2, 0.25) is 15.9 Å². The van der Waals surface area contributed by atoms with Crippen molar-refractivity contribution in [1.82, 2.24) is 19.1 Å². The van der Waals surface area contributed by atoms with Crippen LogP contribution in [0.15, 0.2) is 99.9 Å². The fourth-order valence-corrected chi connectivity index (χ4v) is 7.45. The maximum Gasteiger partial charge on any atom is 0.243 e. The zero-order valence-electron chi connectivity index (χ0n) is 21.4. The van der Waals surface area contributed by atoms with Crippen molar-refractivity contribution in [3.8, 4) is 5.69 Å². The number of aromatic nitrogens is 3. The predicted molar refractivity (Wildman–Crippen MR) is 156 cm³/mol. The molecule has 1 saturated heterocycles. The van der Waals surface area contributed by atoms with Gasteiger partial charge in [-0.1, -0.05) is 48.2 Å². The molecule has 5 rings (SSSR count). The van der Waals surface area contributed by atoms with Crippen molar-refractivity contribution >= 4 is 45.1 Å². The van der Waals surface area contributed by atoms with Gasteiger partial charge >= 0.3 is 0 Å². The van der Waals surface area contributed by atoms with Crippen molar-refractivity contribution in [2.75, 3.05) is 18.4 Å². The first-order valence-electron chi connectivity index (χ1n) is 12.7. The van der Waals surface area contributed by atoms with Gasteiger partial charge in [-0.05, 0) is 68.3 Å². The summed E-state index contributed by atoms with van der Waals surface area (Å²) in [6, 6.07) is 26.3. The molecule has 0 aliphatic carbocycles. The summed E-state index contributed by atoms with van der Waals surface area (Å²) in [4.78, 5) is 14.4. The van der Waals surface area contributed by atoms with E-state index in [4.69, 9.17) is 0 Å². The minimum Gasteiger partial charge on any atom is -0.325 e. The average molecular weight is 580 g/mol. The number of rotatable bonds is 10. The second kappa shape index (κ2) is 12.4. The standard InChI is InChI=1S/C28H29N5O3S3/c1-21(27(34)29-22-14-16-25(17-15-22)39(35,36)32-18-8-9-19-32)38-28-31-30-26(20-37-24-12-6-3-7-13-24)33(28)23-10-4-2-5-11-23/h2-7,10-17,21H,8-9,18-20H2,1H3,(H,29,34). The number of sulfonamides is 1. The van der Waals surface area contributed by atoms with Crippen molar-refractivity contribution in [2.45, 2.75) is 45.7 Å². The largest absolute Gasteiger partial charge is 0.325 e. The number of nitrogens with zero attached hydrogens (tertiary/aromatic N) is 4. The minimum absolute atomic E-state index is 0.210.